The Kier molecular flexibility index (Phi) is 4.00. The lowest BCUT2D eigenvalue weighted by Gasteiger charge is -2.49. The second-order valence-electron chi connectivity index (χ2n) is 8.13. The molecule has 2 saturated carbocycles. The zero-order chi connectivity index (χ0) is 17.7. The Labute approximate surface area is 146 Å². The Morgan fingerprint density at radius 3 is 2.64 bits per heavy atom. The highest BCUT2D eigenvalue weighted by Gasteiger charge is 2.53. The summed E-state index contributed by atoms with van der Waals surface area (Å²) in [5.74, 6) is -0.792. The summed E-state index contributed by atoms with van der Waals surface area (Å²) in [6, 6.07) is 1.48. The van der Waals surface area contributed by atoms with Gasteiger partial charge in [-0.25, -0.2) is 4.79 Å². The van der Waals surface area contributed by atoms with Gasteiger partial charge in [-0.05, 0) is 50.1 Å². The summed E-state index contributed by atoms with van der Waals surface area (Å²) < 4.78 is 1.43. The summed E-state index contributed by atoms with van der Waals surface area (Å²) >= 11 is 0. The lowest BCUT2D eigenvalue weighted by Crippen LogP contribution is -2.60. The fourth-order valence-corrected chi connectivity index (χ4v) is 4.90. The van der Waals surface area contributed by atoms with Crippen LogP contribution in [0.4, 0.5) is 0 Å². The first-order chi connectivity index (χ1) is 11.9. The number of aromatic carboxylic acids is 1. The van der Waals surface area contributed by atoms with Gasteiger partial charge in [0.2, 0.25) is 0 Å². The third-order valence-corrected chi connectivity index (χ3v) is 6.56. The lowest BCUT2D eigenvalue weighted by atomic mass is 9.66. The molecule has 0 bridgehead atoms. The topological polar surface area (TPSA) is 91.6 Å². The number of carbonyl (C=O) groups is 1. The third-order valence-electron chi connectivity index (χ3n) is 6.56. The maximum absolute atomic E-state index is 12.6. The molecule has 0 radical (unpaired) electrons. The Hall–Kier alpha value is -1.66. The summed E-state index contributed by atoms with van der Waals surface area (Å²) in [6.07, 6.45) is 8.05. The highest BCUT2D eigenvalue weighted by molar-refractivity contribution is 5.89. The van der Waals surface area contributed by atoms with Crippen molar-refractivity contribution in [2.75, 3.05) is 13.1 Å². The highest BCUT2D eigenvalue weighted by Crippen LogP contribution is 2.50. The molecule has 136 valence electrons. The molecule has 0 amide bonds. The minimum atomic E-state index is -0.997. The van der Waals surface area contributed by atoms with E-state index >= 15 is 0 Å². The maximum Gasteiger partial charge on any atom is 0.337 e. The van der Waals surface area contributed by atoms with Crippen LogP contribution in [0.15, 0.2) is 17.1 Å². The van der Waals surface area contributed by atoms with Gasteiger partial charge in [0.15, 0.2) is 0 Å². The van der Waals surface area contributed by atoms with Crippen molar-refractivity contribution in [2.45, 2.75) is 63.0 Å². The van der Waals surface area contributed by atoms with E-state index in [1.54, 1.807) is 0 Å². The first-order valence-corrected chi connectivity index (χ1v) is 9.35. The van der Waals surface area contributed by atoms with E-state index in [-0.39, 0.29) is 29.0 Å². The van der Waals surface area contributed by atoms with Crippen LogP contribution in [0, 0.1) is 5.41 Å². The van der Waals surface area contributed by atoms with Crippen molar-refractivity contribution in [1.29, 1.82) is 0 Å². The number of aliphatic hydroxyl groups is 1. The molecule has 1 saturated heterocycles. The number of nitrogens with zero attached hydrogens (tertiary/aromatic N) is 1. The van der Waals surface area contributed by atoms with Crippen LogP contribution >= 0.6 is 0 Å². The fraction of sp³-hybridized carbons (Fsp3) is 0.684. The number of aromatic nitrogens is 1. The van der Waals surface area contributed by atoms with Crippen molar-refractivity contribution < 1.29 is 15.0 Å². The Morgan fingerprint density at radius 1 is 1.28 bits per heavy atom. The van der Waals surface area contributed by atoms with Crippen LogP contribution in [-0.4, -0.2) is 39.4 Å². The van der Waals surface area contributed by atoms with E-state index in [9.17, 15) is 19.8 Å². The second kappa shape index (κ2) is 5.95. The Balaban J connectivity index is 1.71. The zero-order valence-electron chi connectivity index (χ0n) is 14.5. The van der Waals surface area contributed by atoms with Crippen molar-refractivity contribution in [3.8, 4) is 0 Å². The Bertz CT molecular complexity index is 746. The normalized spacial score (nSPS) is 28.4. The van der Waals surface area contributed by atoms with Gasteiger partial charge >= 0.3 is 5.97 Å². The van der Waals surface area contributed by atoms with Gasteiger partial charge in [0.05, 0.1) is 17.7 Å². The molecule has 4 rings (SSSR count). The van der Waals surface area contributed by atoms with Crippen LogP contribution in [0.3, 0.4) is 0 Å². The summed E-state index contributed by atoms with van der Waals surface area (Å²) in [5.41, 5.74) is -0.507. The molecule has 3 aliphatic rings. The lowest BCUT2D eigenvalue weighted by molar-refractivity contribution is -0.115. The van der Waals surface area contributed by atoms with Crippen LogP contribution in [0.2, 0.25) is 0 Å². The average Bonchev–Trinajstić information content (AvgIpc) is 3.31. The summed E-state index contributed by atoms with van der Waals surface area (Å²) in [5, 5.41) is 24.4. The molecule has 3 fully saturated rings. The van der Waals surface area contributed by atoms with Gasteiger partial charge in [0.1, 0.15) is 0 Å². The van der Waals surface area contributed by atoms with Crippen LogP contribution in [0.5, 0.6) is 0 Å². The van der Waals surface area contributed by atoms with Gasteiger partial charge in [-0.2, -0.15) is 0 Å². The molecule has 1 aliphatic heterocycles. The van der Waals surface area contributed by atoms with Crippen molar-refractivity contribution in [1.82, 2.24) is 9.88 Å². The van der Waals surface area contributed by atoms with Crippen molar-refractivity contribution >= 4 is 5.97 Å². The van der Waals surface area contributed by atoms with E-state index in [1.165, 1.54) is 16.8 Å². The molecule has 2 aliphatic carbocycles. The van der Waals surface area contributed by atoms with Gasteiger partial charge in [-0.1, -0.05) is 12.8 Å². The van der Waals surface area contributed by atoms with E-state index in [2.05, 4.69) is 5.32 Å². The van der Waals surface area contributed by atoms with Crippen LogP contribution < -0.4 is 10.9 Å². The summed E-state index contributed by atoms with van der Waals surface area (Å²) in [4.78, 5) is 24.3. The molecule has 6 heteroatoms. The summed E-state index contributed by atoms with van der Waals surface area (Å²) in [7, 11) is 0. The predicted octanol–water partition coefficient (Wildman–Crippen LogP) is 1.71. The van der Waals surface area contributed by atoms with E-state index in [0.29, 0.717) is 12.0 Å². The number of pyridine rings is 1. The summed E-state index contributed by atoms with van der Waals surface area (Å²) in [6.45, 7) is 1.67. The molecular formula is C19H26N2O4. The SMILES string of the molecule is O=C(O)c1cn(C[C@]2(O)CCNCC23CCCC3)c(=O)cc1C1CC1. The van der Waals surface area contributed by atoms with Crippen molar-refractivity contribution in [3.05, 3.63) is 33.7 Å². The Morgan fingerprint density at radius 2 is 2.00 bits per heavy atom. The first kappa shape index (κ1) is 16.8. The molecule has 0 unspecified atom stereocenters. The van der Waals surface area contributed by atoms with Crippen LogP contribution in [0.1, 0.15) is 66.8 Å². The number of piperidine rings is 1. The molecule has 3 N–H and O–H groups in total. The second-order valence-corrected chi connectivity index (χ2v) is 8.13. The average molecular weight is 346 g/mol. The standard InChI is InChI=1S/C19H26N2O4/c22-16-9-14(13-3-4-13)15(17(23)24)10-21(16)12-19(25)7-8-20-11-18(19)5-1-2-6-18/h9-10,13,20,25H,1-8,11-12H2,(H,23,24)/t19-/m1/s1. The molecule has 1 aromatic heterocycles. The maximum atomic E-state index is 12.6. The number of carboxylic acid groups (broad SMARTS) is 1. The largest absolute Gasteiger partial charge is 0.478 e. The molecular weight excluding hydrogens is 320 g/mol. The quantitative estimate of drug-likeness (QED) is 0.772. The number of carboxylic acids is 1. The predicted molar refractivity (Wildman–Crippen MR) is 93.0 cm³/mol. The van der Waals surface area contributed by atoms with E-state index in [1.807, 2.05) is 0 Å². The minimum Gasteiger partial charge on any atom is -0.478 e. The van der Waals surface area contributed by atoms with E-state index < -0.39 is 11.6 Å². The third kappa shape index (κ3) is 2.81. The van der Waals surface area contributed by atoms with Crippen LogP contribution in [-0.2, 0) is 6.54 Å². The zero-order valence-corrected chi connectivity index (χ0v) is 14.5. The highest BCUT2D eigenvalue weighted by atomic mass is 16.4. The number of nitrogens with one attached hydrogen (secondary N) is 1. The van der Waals surface area contributed by atoms with Gasteiger partial charge in [-0.3, -0.25) is 4.79 Å². The van der Waals surface area contributed by atoms with Gasteiger partial charge in [0, 0.05) is 24.2 Å². The molecule has 6 nitrogen and oxygen atoms in total. The molecule has 25 heavy (non-hydrogen) atoms. The number of hydrogen-bond acceptors (Lipinski definition) is 4. The van der Waals surface area contributed by atoms with E-state index in [4.69, 9.17) is 0 Å². The monoisotopic (exact) mass is 346 g/mol. The van der Waals surface area contributed by atoms with Crippen molar-refractivity contribution in [2.24, 2.45) is 5.41 Å². The minimum absolute atomic E-state index is 0.179. The number of rotatable bonds is 4. The van der Waals surface area contributed by atoms with Gasteiger partial charge in [0.25, 0.3) is 5.56 Å². The van der Waals surface area contributed by atoms with Crippen LogP contribution in [0.25, 0.3) is 0 Å². The van der Waals surface area contributed by atoms with Crippen molar-refractivity contribution in [3.63, 3.8) is 0 Å². The fourth-order valence-electron chi connectivity index (χ4n) is 4.90. The molecule has 1 atom stereocenters. The number of hydrogen-bond donors (Lipinski definition) is 3. The molecule has 2 heterocycles. The molecule has 0 aromatic carbocycles. The first-order valence-electron chi connectivity index (χ1n) is 9.35. The molecule has 1 aromatic rings. The molecule has 1 spiro atoms. The van der Waals surface area contributed by atoms with Gasteiger partial charge < -0.3 is 20.1 Å². The van der Waals surface area contributed by atoms with Gasteiger partial charge in [-0.15, -0.1) is 0 Å². The smallest absolute Gasteiger partial charge is 0.337 e. The van der Waals surface area contributed by atoms with E-state index in [0.717, 1.165) is 51.6 Å².